The molecule has 4 rings (SSSR count). The number of rotatable bonds is 9. The van der Waals surface area contributed by atoms with Gasteiger partial charge in [0, 0.05) is 55.4 Å². The van der Waals surface area contributed by atoms with Crippen molar-refractivity contribution in [1.82, 2.24) is 24.8 Å². The van der Waals surface area contributed by atoms with Gasteiger partial charge in [-0.25, -0.2) is 23.7 Å². The molecule has 40 heavy (non-hydrogen) atoms. The Morgan fingerprint density at radius 1 is 1.15 bits per heavy atom. The number of nitrogens with one attached hydrogen (secondary N) is 1. The minimum atomic E-state index is -0.654. The summed E-state index contributed by atoms with van der Waals surface area (Å²) in [5.74, 6) is -0.494. The summed E-state index contributed by atoms with van der Waals surface area (Å²) in [6.45, 7) is 17.3. The molecule has 1 atom stereocenters. The van der Waals surface area contributed by atoms with Gasteiger partial charge in [0.05, 0.1) is 11.9 Å². The summed E-state index contributed by atoms with van der Waals surface area (Å²) in [5.41, 5.74) is 2.84. The molecule has 1 unspecified atom stereocenters. The van der Waals surface area contributed by atoms with Crippen LogP contribution in [0.25, 0.3) is 11.3 Å². The van der Waals surface area contributed by atoms with Crippen LogP contribution < -0.4 is 10.2 Å². The van der Waals surface area contributed by atoms with E-state index in [1.807, 2.05) is 38.7 Å². The highest BCUT2D eigenvalue weighted by Gasteiger charge is 2.27. The summed E-state index contributed by atoms with van der Waals surface area (Å²) in [5, 5.41) is 3.11. The maximum Gasteiger partial charge on any atom is 0.229 e. The summed E-state index contributed by atoms with van der Waals surface area (Å²) in [7, 11) is 4.17. The van der Waals surface area contributed by atoms with Gasteiger partial charge < -0.3 is 15.1 Å². The standard InChI is InChI=1S/C30H40F2N8/c1-9-40(30(3,4)5)25-17-20(16-22(31)28(25)33-6)27-23(32)18-34-29(37-27)36-26-11-10-21-19(2)39(15-14-38(7)8)13-12-24(21)35-26/h10-11,16-19H,6,9,12-15H2,1-5,7-8H3,(H,34,35,36,37). The van der Waals surface area contributed by atoms with Gasteiger partial charge in [-0.2, -0.15) is 0 Å². The van der Waals surface area contributed by atoms with Gasteiger partial charge in [0.15, 0.2) is 11.6 Å². The Morgan fingerprint density at radius 3 is 2.55 bits per heavy atom. The van der Waals surface area contributed by atoms with E-state index in [1.54, 1.807) is 6.07 Å². The van der Waals surface area contributed by atoms with Crippen molar-refractivity contribution in [2.24, 2.45) is 4.99 Å². The van der Waals surface area contributed by atoms with Gasteiger partial charge in [0.25, 0.3) is 0 Å². The van der Waals surface area contributed by atoms with E-state index in [1.165, 1.54) is 11.6 Å². The Morgan fingerprint density at radius 2 is 1.90 bits per heavy atom. The van der Waals surface area contributed by atoms with Crippen LogP contribution in [0.15, 0.2) is 35.5 Å². The zero-order chi connectivity index (χ0) is 29.2. The highest BCUT2D eigenvalue weighted by Crippen LogP contribution is 2.39. The van der Waals surface area contributed by atoms with Crippen LogP contribution in [0.3, 0.4) is 0 Å². The second kappa shape index (κ2) is 11.9. The van der Waals surface area contributed by atoms with Crippen LogP contribution in [0.5, 0.6) is 0 Å². The predicted molar refractivity (Wildman–Crippen MR) is 159 cm³/mol. The molecule has 0 aliphatic carbocycles. The molecule has 3 heterocycles. The molecule has 10 heteroatoms. The van der Waals surface area contributed by atoms with Gasteiger partial charge in [0.1, 0.15) is 17.2 Å². The van der Waals surface area contributed by atoms with Gasteiger partial charge in [-0.3, -0.25) is 9.89 Å². The fourth-order valence-corrected chi connectivity index (χ4v) is 5.27. The maximum absolute atomic E-state index is 15.2. The number of hydrogen-bond acceptors (Lipinski definition) is 8. The largest absolute Gasteiger partial charge is 0.365 e. The molecule has 0 radical (unpaired) electrons. The predicted octanol–water partition coefficient (Wildman–Crippen LogP) is 6.00. The fraction of sp³-hybridized carbons (Fsp3) is 0.467. The third-order valence-electron chi connectivity index (χ3n) is 7.35. The van der Waals surface area contributed by atoms with Gasteiger partial charge in [0.2, 0.25) is 5.95 Å². The minimum absolute atomic E-state index is 0.0126. The Labute approximate surface area is 236 Å². The number of halogens is 2. The molecule has 1 aromatic carbocycles. The lowest BCUT2D eigenvalue weighted by molar-refractivity contribution is 0.178. The lowest BCUT2D eigenvalue weighted by Crippen LogP contribution is -2.41. The number of hydrogen-bond donors (Lipinski definition) is 1. The third-order valence-corrected chi connectivity index (χ3v) is 7.35. The first-order valence-electron chi connectivity index (χ1n) is 13.7. The van der Waals surface area contributed by atoms with E-state index >= 15 is 8.78 Å². The van der Waals surface area contributed by atoms with Gasteiger partial charge in [-0.05, 0) is 79.2 Å². The molecule has 0 saturated carbocycles. The van der Waals surface area contributed by atoms with Crippen LogP contribution in [0, 0.1) is 11.6 Å². The second-order valence-electron chi connectivity index (χ2n) is 11.4. The maximum atomic E-state index is 15.2. The quantitative estimate of drug-likeness (QED) is 0.328. The molecule has 0 bridgehead atoms. The topological polar surface area (TPSA) is 72.8 Å². The van der Waals surface area contributed by atoms with Gasteiger partial charge in [-0.1, -0.05) is 6.07 Å². The first kappa shape index (κ1) is 29.5. The van der Waals surface area contributed by atoms with Crippen molar-refractivity contribution in [3.63, 3.8) is 0 Å². The van der Waals surface area contributed by atoms with E-state index in [0.717, 1.165) is 37.9 Å². The average Bonchev–Trinajstić information content (AvgIpc) is 2.88. The van der Waals surface area contributed by atoms with Crippen molar-refractivity contribution < 1.29 is 8.78 Å². The molecule has 1 N–H and O–H groups in total. The minimum Gasteiger partial charge on any atom is -0.365 e. The van der Waals surface area contributed by atoms with E-state index in [-0.39, 0.29) is 34.5 Å². The van der Waals surface area contributed by atoms with Crippen molar-refractivity contribution in [1.29, 1.82) is 0 Å². The summed E-state index contributed by atoms with van der Waals surface area (Å²) >= 11 is 0. The number of aliphatic imine (C=N–C) groups is 1. The van der Waals surface area contributed by atoms with E-state index in [2.05, 4.69) is 63.9 Å². The molecular weight excluding hydrogens is 510 g/mol. The first-order chi connectivity index (χ1) is 18.9. The fourth-order valence-electron chi connectivity index (χ4n) is 5.27. The molecule has 214 valence electrons. The van der Waals surface area contributed by atoms with Crippen LogP contribution >= 0.6 is 0 Å². The Kier molecular flexibility index (Phi) is 8.80. The van der Waals surface area contributed by atoms with E-state index < -0.39 is 11.6 Å². The van der Waals surface area contributed by atoms with Crippen LogP contribution in [0.1, 0.15) is 51.9 Å². The monoisotopic (exact) mass is 550 g/mol. The van der Waals surface area contributed by atoms with Crippen molar-refractivity contribution in [2.45, 2.75) is 52.6 Å². The molecule has 0 saturated heterocycles. The number of anilines is 3. The highest BCUT2D eigenvalue weighted by molar-refractivity contribution is 5.78. The summed E-state index contributed by atoms with van der Waals surface area (Å²) in [4.78, 5) is 23.9. The van der Waals surface area contributed by atoms with Crippen LogP contribution in [-0.4, -0.2) is 77.3 Å². The first-order valence-corrected chi connectivity index (χ1v) is 13.7. The molecule has 2 aromatic heterocycles. The molecule has 1 aliphatic rings. The highest BCUT2D eigenvalue weighted by atomic mass is 19.1. The van der Waals surface area contributed by atoms with Gasteiger partial charge in [-0.15, -0.1) is 0 Å². The van der Waals surface area contributed by atoms with Crippen molar-refractivity contribution in [3.05, 3.63) is 53.4 Å². The van der Waals surface area contributed by atoms with E-state index in [0.29, 0.717) is 18.1 Å². The lowest BCUT2D eigenvalue weighted by Gasteiger charge is -2.37. The third kappa shape index (κ3) is 6.28. The summed E-state index contributed by atoms with van der Waals surface area (Å²) in [6, 6.07) is 7.18. The van der Waals surface area contributed by atoms with E-state index in [4.69, 9.17) is 4.98 Å². The number of aromatic nitrogens is 3. The average molecular weight is 551 g/mol. The van der Waals surface area contributed by atoms with Crippen molar-refractivity contribution >= 4 is 29.9 Å². The van der Waals surface area contributed by atoms with Gasteiger partial charge >= 0.3 is 0 Å². The van der Waals surface area contributed by atoms with Crippen LogP contribution in [-0.2, 0) is 6.42 Å². The summed E-state index contributed by atoms with van der Waals surface area (Å²) in [6.07, 6.45) is 1.93. The Balaban J connectivity index is 1.63. The number of fused-ring (bicyclic) bond motifs is 1. The molecule has 3 aromatic rings. The van der Waals surface area contributed by atoms with E-state index in [9.17, 15) is 0 Å². The zero-order valence-corrected chi connectivity index (χ0v) is 24.6. The normalized spacial score (nSPS) is 15.7. The zero-order valence-electron chi connectivity index (χ0n) is 24.6. The Bertz CT molecular complexity index is 1370. The van der Waals surface area contributed by atoms with Crippen molar-refractivity contribution in [3.8, 4) is 11.3 Å². The number of benzene rings is 1. The molecule has 8 nitrogen and oxygen atoms in total. The molecule has 0 spiro atoms. The molecule has 0 fully saturated rings. The lowest BCUT2D eigenvalue weighted by atomic mass is 9.98. The SMILES string of the molecule is C=Nc1c(F)cc(-c2nc(Nc3ccc4c(n3)CCN(CCN(C)C)C4C)ncc2F)cc1N(CC)C(C)(C)C. The van der Waals surface area contributed by atoms with Crippen molar-refractivity contribution in [2.75, 3.05) is 50.5 Å². The van der Waals surface area contributed by atoms with Crippen LogP contribution in [0.2, 0.25) is 0 Å². The smallest absolute Gasteiger partial charge is 0.229 e. The Hall–Kier alpha value is -3.50. The molecule has 0 amide bonds. The van der Waals surface area contributed by atoms with Crippen LogP contribution in [0.4, 0.5) is 31.9 Å². The number of likely N-dealkylation sites (N-methyl/N-ethyl adjacent to an activating group) is 1. The summed E-state index contributed by atoms with van der Waals surface area (Å²) < 4.78 is 30.2. The molecular formula is C30H40F2N8. The number of nitrogens with zero attached hydrogens (tertiary/aromatic N) is 7. The number of pyridine rings is 1. The molecule has 1 aliphatic heterocycles. The second-order valence-corrected chi connectivity index (χ2v) is 11.4.